The van der Waals surface area contributed by atoms with Gasteiger partial charge in [-0.2, -0.15) is 4.31 Å². The van der Waals surface area contributed by atoms with Crippen molar-refractivity contribution in [2.45, 2.75) is 56.4 Å². The van der Waals surface area contributed by atoms with E-state index in [1.807, 2.05) is 43.3 Å². The average molecular weight is 503 g/mol. The lowest BCUT2D eigenvalue weighted by Crippen LogP contribution is -2.46. The van der Waals surface area contributed by atoms with Crippen molar-refractivity contribution in [3.63, 3.8) is 0 Å². The third-order valence-corrected chi connectivity index (χ3v) is 9.03. The second kappa shape index (κ2) is 9.99. The van der Waals surface area contributed by atoms with Crippen LogP contribution >= 0.6 is 0 Å². The van der Waals surface area contributed by atoms with Gasteiger partial charge in [-0.3, -0.25) is 9.59 Å². The maximum absolute atomic E-state index is 14.0. The summed E-state index contributed by atoms with van der Waals surface area (Å²) in [6.07, 6.45) is 6.74. The van der Waals surface area contributed by atoms with Gasteiger partial charge >= 0.3 is 0 Å². The minimum atomic E-state index is -4.04. The van der Waals surface area contributed by atoms with Gasteiger partial charge < -0.3 is 0 Å². The normalized spacial score (nSPS) is 18.8. The van der Waals surface area contributed by atoms with Crippen molar-refractivity contribution in [1.82, 2.24) is 4.31 Å². The number of sulfonamides is 1. The summed E-state index contributed by atoms with van der Waals surface area (Å²) in [4.78, 5) is 27.8. The second-order valence-corrected chi connectivity index (χ2v) is 11.5. The van der Waals surface area contributed by atoms with E-state index in [1.54, 1.807) is 30.3 Å². The average Bonchev–Trinajstić information content (AvgIpc) is 3.18. The zero-order chi connectivity index (χ0) is 25.3. The van der Waals surface area contributed by atoms with E-state index in [-0.39, 0.29) is 23.8 Å². The number of hydrogen-bond acceptors (Lipinski definition) is 4. The molecule has 2 aliphatic rings. The number of nitrogens with zero attached hydrogens (tertiary/aromatic N) is 2. The van der Waals surface area contributed by atoms with Crippen LogP contribution in [0.4, 0.5) is 5.69 Å². The Morgan fingerprint density at radius 1 is 0.944 bits per heavy atom. The summed E-state index contributed by atoms with van der Waals surface area (Å²) in [5.41, 5.74) is 2.69. The molecule has 5 rings (SSSR count). The fraction of sp³-hybridized carbons (Fsp3) is 0.310. The Labute approximate surface area is 212 Å². The minimum absolute atomic E-state index is 0.132. The minimum Gasteiger partial charge on any atom is -0.274 e. The van der Waals surface area contributed by atoms with Crippen molar-refractivity contribution < 1.29 is 18.0 Å². The molecule has 1 fully saturated rings. The summed E-state index contributed by atoms with van der Waals surface area (Å²) in [7, 11) is -4.04. The van der Waals surface area contributed by atoms with Crippen LogP contribution in [0.15, 0.2) is 83.3 Å². The molecule has 0 saturated carbocycles. The summed E-state index contributed by atoms with van der Waals surface area (Å²) in [6, 6.07) is 18.6. The fourth-order valence-electron chi connectivity index (χ4n) is 5.10. The SMILES string of the molecule is Cc1ccc(N2C(=O)CC(N(CCC3=CCCCC3)S(=O)(=O)c3ccc4ccccc4c3)C2=O)cc1. The highest BCUT2D eigenvalue weighted by Gasteiger charge is 2.46. The molecular formula is C29H30N2O4S. The molecule has 7 heteroatoms. The lowest BCUT2D eigenvalue weighted by Gasteiger charge is -2.28. The van der Waals surface area contributed by atoms with E-state index in [2.05, 4.69) is 6.08 Å². The molecule has 2 amide bonds. The third kappa shape index (κ3) is 4.73. The van der Waals surface area contributed by atoms with Crippen molar-refractivity contribution in [2.24, 2.45) is 0 Å². The Morgan fingerprint density at radius 3 is 2.42 bits per heavy atom. The molecule has 3 aromatic rings. The number of benzene rings is 3. The number of carbonyl (C=O) groups excluding carboxylic acids is 2. The zero-order valence-electron chi connectivity index (χ0n) is 20.4. The van der Waals surface area contributed by atoms with E-state index < -0.39 is 22.0 Å². The molecule has 1 aliphatic carbocycles. The van der Waals surface area contributed by atoms with Crippen LogP contribution in [0.1, 0.15) is 44.1 Å². The monoisotopic (exact) mass is 502 g/mol. The molecule has 1 aliphatic heterocycles. The number of imide groups is 1. The standard InChI is InChI=1S/C29H30N2O4S/c1-21-11-14-25(15-12-21)31-28(32)20-27(29(31)33)30(18-17-22-7-3-2-4-8-22)36(34,35)26-16-13-23-9-5-6-10-24(23)19-26/h5-7,9-16,19,27H,2-4,8,17-18,20H2,1H3. The highest BCUT2D eigenvalue weighted by Crippen LogP contribution is 2.32. The Bertz CT molecular complexity index is 1440. The number of aryl methyl sites for hydroxylation is 1. The molecule has 0 radical (unpaired) electrons. The number of fused-ring (bicyclic) bond motifs is 1. The second-order valence-electron chi connectivity index (χ2n) is 9.61. The molecule has 3 aromatic carbocycles. The number of carbonyl (C=O) groups is 2. The van der Waals surface area contributed by atoms with Crippen LogP contribution in [-0.2, 0) is 19.6 Å². The molecule has 0 aromatic heterocycles. The van der Waals surface area contributed by atoms with Gasteiger partial charge in [-0.05, 0) is 74.1 Å². The highest BCUT2D eigenvalue weighted by molar-refractivity contribution is 7.89. The summed E-state index contributed by atoms with van der Waals surface area (Å²) in [6.45, 7) is 2.09. The number of rotatable bonds is 7. The van der Waals surface area contributed by atoms with E-state index in [4.69, 9.17) is 0 Å². The van der Waals surface area contributed by atoms with E-state index >= 15 is 0 Å². The molecule has 6 nitrogen and oxygen atoms in total. The Morgan fingerprint density at radius 2 is 1.69 bits per heavy atom. The fourth-order valence-corrected chi connectivity index (χ4v) is 6.72. The van der Waals surface area contributed by atoms with Gasteiger partial charge in [0.25, 0.3) is 5.91 Å². The van der Waals surface area contributed by atoms with Gasteiger partial charge in [0.1, 0.15) is 6.04 Å². The lowest BCUT2D eigenvalue weighted by molar-refractivity contribution is -0.122. The van der Waals surface area contributed by atoms with Crippen molar-refractivity contribution in [1.29, 1.82) is 0 Å². The van der Waals surface area contributed by atoms with Gasteiger partial charge in [-0.25, -0.2) is 13.3 Å². The maximum atomic E-state index is 14.0. The maximum Gasteiger partial charge on any atom is 0.252 e. The van der Waals surface area contributed by atoms with Gasteiger partial charge in [-0.1, -0.05) is 59.7 Å². The highest BCUT2D eigenvalue weighted by atomic mass is 32.2. The van der Waals surface area contributed by atoms with E-state index in [9.17, 15) is 18.0 Å². The van der Waals surface area contributed by atoms with Crippen molar-refractivity contribution in [3.8, 4) is 0 Å². The van der Waals surface area contributed by atoms with Crippen LogP contribution in [0, 0.1) is 6.92 Å². The topological polar surface area (TPSA) is 74.8 Å². The van der Waals surface area contributed by atoms with Crippen molar-refractivity contribution in [3.05, 3.63) is 83.9 Å². The molecular weight excluding hydrogens is 472 g/mol. The summed E-state index contributed by atoms with van der Waals surface area (Å²) >= 11 is 0. The molecule has 0 N–H and O–H groups in total. The van der Waals surface area contributed by atoms with Gasteiger partial charge in [0, 0.05) is 6.54 Å². The van der Waals surface area contributed by atoms with Crippen LogP contribution in [0.5, 0.6) is 0 Å². The van der Waals surface area contributed by atoms with Crippen LogP contribution in [0.25, 0.3) is 10.8 Å². The Balaban J connectivity index is 1.51. The van der Waals surface area contributed by atoms with Crippen molar-refractivity contribution in [2.75, 3.05) is 11.4 Å². The van der Waals surface area contributed by atoms with E-state index in [0.717, 1.165) is 46.9 Å². The zero-order valence-corrected chi connectivity index (χ0v) is 21.2. The smallest absolute Gasteiger partial charge is 0.252 e. The van der Waals surface area contributed by atoms with Crippen LogP contribution in [0.2, 0.25) is 0 Å². The first-order valence-electron chi connectivity index (χ1n) is 12.5. The first-order valence-corrected chi connectivity index (χ1v) is 13.9. The van der Waals surface area contributed by atoms with Gasteiger partial charge in [0.15, 0.2) is 0 Å². The molecule has 1 heterocycles. The number of anilines is 1. The van der Waals surface area contributed by atoms with E-state index in [0.29, 0.717) is 12.1 Å². The van der Waals surface area contributed by atoms with Gasteiger partial charge in [0.05, 0.1) is 17.0 Å². The van der Waals surface area contributed by atoms with E-state index in [1.165, 1.54) is 9.88 Å². The van der Waals surface area contributed by atoms with Gasteiger partial charge in [-0.15, -0.1) is 0 Å². The molecule has 1 saturated heterocycles. The lowest BCUT2D eigenvalue weighted by atomic mass is 9.97. The number of amides is 2. The van der Waals surface area contributed by atoms with Crippen LogP contribution in [-0.4, -0.2) is 37.1 Å². The predicted octanol–water partition coefficient (Wildman–Crippen LogP) is 5.36. The third-order valence-electron chi connectivity index (χ3n) is 7.13. The molecule has 0 spiro atoms. The van der Waals surface area contributed by atoms with Gasteiger partial charge in [0.2, 0.25) is 15.9 Å². The summed E-state index contributed by atoms with van der Waals surface area (Å²) in [5.74, 6) is -0.879. The first-order chi connectivity index (χ1) is 17.3. The van der Waals surface area contributed by atoms with Crippen LogP contribution < -0.4 is 4.90 Å². The molecule has 36 heavy (non-hydrogen) atoms. The first kappa shape index (κ1) is 24.4. The molecule has 0 bridgehead atoms. The Hall–Kier alpha value is -3.29. The largest absolute Gasteiger partial charge is 0.274 e. The summed E-state index contributed by atoms with van der Waals surface area (Å²) in [5, 5.41) is 1.75. The molecule has 1 unspecified atom stereocenters. The quantitative estimate of drug-likeness (QED) is 0.322. The molecule has 1 atom stereocenters. The van der Waals surface area contributed by atoms with Crippen molar-refractivity contribution >= 4 is 38.3 Å². The number of hydrogen-bond donors (Lipinski definition) is 0. The summed E-state index contributed by atoms with van der Waals surface area (Å²) < 4.78 is 29.3. The number of allylic oxidation sites excluding steroid dienone is 1. The predicted molar refractivity (Wildman–Crippen MR) is 141 cm³/mol. The molecule has 186 valence electrons. The van der Waals surface area contributed by atoms with Crippen LogP contribution in [0.3, 0.4) is 0 Å². The Kier molecular flexibility index (Phi) is 6.77.